The predicted octanol–water partition coefficient (Wildman–Crippen LogP) is 0.493. The smallest absolute Gasteiger partial charge is 0.241 e. The van der Waals surface area contributed by atoms with Crippen molar-refractivity contribution in [1.29, 1.82) is 0 Å². The fourth-order valence-electron chi connectivity index (χ4n) is 1.84. The van der Waals surface area contributed by atoms with Crippen molar-refractivity contribution in [1.82, 2.24) is 9.80 Å². The van der Waals surface area contributed by atoms with Gasteiger partial charge < -0.3 is 15.5 Å². The highest BCUT2D eigenvalue weighted by atomic mass is 16.2. The molecule has 0 saturated heterocycles. The van der Waals surface area contributed by atoms with E-state index in [1.807, 2.05) is 37.3 Å². The molecular weight excluding hydrogens is 254 g/mol. The molecule has 5 heteroatoms. The third-order valence-electron chi connectivity index (χ3n) is 3.13. The van der Waals surface area contributed by atoms with Crippen LogP contribution in [0.15, 0.2) is 30.3 Å². The summed E-state index contributed by atoms with van der Waals surface area (Å²) in [6, 6.07) is 9.01. The third kappa shape index (κ3) is 4.66. The van der Waals surface area contributed by atoms with Gasteiger partial charge in [-0.05, 0) is 18.9 Å². The number of rotatable bonds is 6. The fourth-order valence-corrected chi connectivity index (χ4v) is 1.84. The number of amides is 2. The lowest BCUT2D eigenvalue weighted by atomic mass is 10.1. The lowest BCUT2D eigenvalue weighted by Gasteiger charge is -2.25. The van der Waals surface area contributed by atoms with E-state index >= 15 is 0 Å². The van der Waals surface area contributed by atoms with Gasteiger partial charge in [0.1, 0.15) is 0 Å². The topological polar surface area (TPSA) is 66.6 Å². The molecule has 0 fully saturated rings. The zero-order chi connectivity index (χ0) is 15.1. The largest absolute Gasteiger partial charge is 0.347 e. The van der Waals surface area contributed by atoms with E-state index in [1.54, 1.807) is 14.1 Å². The Labute approximate surface area is 120 Å². The molecule has 0 radical (unpaired) electrons. The molecule has 0 heterocycles. The van der Waals surface area contributed by atoms with Crippen molar-refractivity contribution < 1.29 is 9.59 Å². The summed E-state index contributed by atoms with van der Waals surface area (Å²) in [5.41, 5.74) is 6.98. The molecule has 0 aliphatic rings. The number of likely N-dealkylation sites (N-methyl/N-ethyl adjacent to an activating group) is 2. The average molecular weight is 277 g/mol. The molecule has 0 aromatic heterocycles. The normalized spacial score (nSPS) is 11.8. The van der Waals surface area contributed by atoms with Crippen LogP contribution in [0, 0.1) is 0 Å². The van der Waals surface area contributed by atoms with Crippen LogP contribution in [-0.4, -0.2) is 54.8 Å². The molecule has 5 nitrogen and oxygen atoms in total. The second-order valence-electron chi connectivity index (χ2n) is 4.94. The van der Waals surface area contributed by atoms with Gasteiger partial charge in [-0.2, -0.15) is 0 Å². The summed E-state index contributed by atoms with van der Waals surface area (Å²) in [4.78, 5) is 26.9. The summed E-state index contributed by atoms with van der Waals surface area (Å²) >= 11 is 0. The molecule has 0 saturated carbocycles. The Morgan fingerprint density at radius 1 is 1.20 bits per heavy atom. The van der Waals surface area contributed by atoms with Crippen molar-refractivity contribution in [3.8, 4) is 0 Å². The first-order chi connectivity index (χ1) is 9.45. The van der Waals surface area contributed by atoms with E-state index in [0.717, 1.165) is 5.56 Å². The fraction of sp³-hybridized carbons (Fsp3) is 0.467. The van der Waals surface area contributed by atoms with E-state index < -0.39 is 6.04 Å². The monoisotopic (exact) mass is 277 g/mol. The first-order valence-corrected chi connectivity index (χ1v) is 6.74. The van der Waals surface area contributed by atoms with E-state index in [-0.39, 0.29) is 18.4 Å². The maximum absolute atomic E-state index is 12.3. The minimum Gasteiger partial charge on any atom is -0.347 e. The van der Waals surface area contributed by atoms with Crippen LogP contribution < -0.4 is 5.73 Å². The third-order valence-corrected chi connectivity index (χ3v) is 3.13. The Bertz CT molecular complexity index is 446. The summed E-state index contributed by atoms with van der Waals surface area (Å²) in [6.45, 7) is 2.39. The van der Waals surface area contributed by atoms with E-state index in [2.05, 4.69) is 0 Å². The molecule has 1 rings (SSSR count). The van der Waals surface area contributed by atoms with E-state index in [4.69, 9.17) is 5.73 Å². The highest BCUT2D eigenvalue weighted by molar-refractivity contribution is 5.87. The Kier molecular flexibility index (Phi) is 6.18. The number of carbonyl (C=O) groups excluding carboxylic acids is 2. The molecule has 1 atom stereocenters. The summed E-state index contributed by atoms with van der Waals surface area (Å²) in [5, 5.41) is 0. The standard InChI is InChI=1S/C15H23N3O2/c1-4-18(11-14(19)17(2)3)15(20)13(16)10-12-8-6-5-7-9-12/h5-9,13H,4,10-11,16H2,1-3H3/t13-/m0/s1. The van der Waals surface area contributed by atoms with Gasteiger partial charge in [-0.1, -0.05) is 30.3 Å². The number of hydrogen-bond acceptors (Lipinski definition) is 3. The number of benzene rings is 1. The summed E-state index contributed by atoms with van der Waals surface area (Å²) in [6.07, 6.45) is 0.479. The van der Waals surface area contributed by atoms with Gasteiger partial charge in [0.05, 0.1) is 12.6 Å². The van der Waals surface area contributed by atoms with Crippen LogP contribution >= 0.6 is 0 Å². The molecule has 0 spiro atoms. The van der Waals surface area contributed by atoms with Gasteiger partial charge in [0.2, 0.25) is 11.8 Å². The summed E-state index contributed by atoms with van der Waals surface area (Å²) < 4.78 is 0. The summed E-state index contributed by atoms with van der Waals surface area (Å²) in [5.74, 6) is -0.293. The van der Waals surface area contributed by atoms with Crippen LogP contribution in [-0.2, 0) is 16.0 Å². The number of nitrogens with two attached hydrogens (primary N) is 1. The van der Waals surface area contributed by atoms with Gasteiger partial charge in [-0.15, -0.1) is 0 Å². The molecule has 2 amide bonds. The Morgan fingerprint density at radius 3 is 2.30 bits per heavy atom. The van der Waals surface area contributed by atoms with Gasteiger partial charge in [0.25, 0.3) is 0 Å². The van der Waals surface area contributed by atoms with Gasteiger partial charge in [-0.3, -0.25) is 9.59 Å². The average Bonchev–Trinajstić information content (AvgIpc) is 2.44. The molecule has 20 heavy (non-hydrogen) atoms. The first-order valence-electron chi connectivity index (χ1n) is 6.74. The van der Waals surface area contributed by atoms with Gasteiger partial charge >= 0.3 is 0 Å². The molecule has 0 aliphatic heterocycles. The first kappa shape index (κ1) is 16.2. The van der Waals surface area contributed by atoms with E-state index in [1.165, 1.54) is 9.80 Å². The van der Waals surface area contributed by atoms with Gasteiger partial charge in [0.15, 0.2) is 0 Å². The molecule has 0 unspecified atom stereocenters. The van der Waals surface area contributed by atoms with Crippen molar-refractivity contribution in [2.75, 3.05) is 27.2 Å². The van der Waals surface area contributed by atoms with Crippen molar-refractivity contribution >= 4 is 11.8 Å². The maximum atomic E-state index is 12.3. The van der Waals surface area contributed by atoms with Crippen LogP contribution in [0.1, 0.15) is 12.5 Å². The molecular formula is C15H23N3O2. The van der Waals surface area contributed by atoms with Crippen LogP contribution in [0.5, 0.6) is 0 Å². The lowest BCUT2D eigenvalue weighted by molar-refractivity contribution is -0.139. The molecule has 0 bridgehead atoms. The predicted molar refractivity (Wildman–Crippen MR) is 79.1 cm³/mol. The maximum Gasteiger partial charge on any atom is 0.241 e. The number of nitrogens with zero attached hydrogens (tertiary/aromatic N) is 2. The zero-order valence-corrected chi connectivity index (χ0v) is 12.4. The van der Waals surface area contributed by atoms with Gasteiger partial charge in [0, 0.05) is 20.6 Å². The van der Waals surface area contributed by atoms with E-state index in [9.17, 15) is 9.59 Å². The SMILES string of the molecule is CCN(CC(=O)N(C)C)C(=O)[C@@H](N)Cc1ccccc1. The minimum absolute atomic E-state index is 0.0742. The molecule has 2 N–H and O–H groups in total. The van der Waals surface area contributed by atoms with Gasteiger partial charge in [-0.25, -0.2) is 0 Å². The molecule has 1 aromatic rings. The quantitative estimate of drug-likeness (QED) is 0.823. The van der Waals surface area contributed by atoms with Crippen LogP contribution in [0.4, 0.5) is 0 Å². The van der Waals surface area contributed by atoms with Crippen molar-refractivity contribution in [3.05, 3.63) is 35.9 Å². The molecule has 1 aromatic carbocycles. The van der Waals surface area contributed by atoms with E-state index in [0.29, 0.717) is 13.0 Å². The Hall–Kier alpha value is -1.88. The number of hydrogen-bond donors (Lipinski definition) is 1. The minimum atomic E-state index is -0.618. The second-order valence-corrected chi connectivity index (χ2v) is 4.94. The zero-order valence-electron chi connectivity index (χ0n) is 12.4. The van der Waals surface area contributed by atoms with Crippen LogP contribution in [0.25, 0.3) is 0 Å². The van der Waals surface area contributed by atoms with Crippen molar-refractivity contribution in [2.24, 2.45) is 5.73 Å². The van der Waals surface area contributed by atoms with Crippen molar-refractivity contribution in [3.63, 3.8) is 0 Å². The Balaban J connectivity index is 2.63. The summed E-state index contributed by atoms with van der Waals surface area (Å²) in [7, 11) is 3.34. The second kappa shape index (κ2) is 7.65. The highest BCUT2D eigenvalue weighted by Crippen LogP contribution is 2.04. The Morgan fingerprint density at radius 2 is 1.80 bits per heavy atom. The van der Waals surface area contributed by atoms with Crippen molar-refractivity contribution in [2.45, 2.75) is 19.4 Å². The molecule has 110 valence electrons. The lowest BCUT2D eigenvalue weighted by Crippen LogP contribution is -2.48. The van der Waals surface area contributed by atoms with Crippen LogP contribution in [0.2, 0.25) is 0 Å². The van der Waals surface area contributed by atoms with Crippen LogP contribution in [0.3, 0.4) is 0 Å². The molecule has 0 aliphatic carbocycles. The highest BCUT2D eigenvalue weighted by Gasteiger charge is 2.22. The number of carbonyl (C=O) groups is 2.